The summed E-state index contributed by atoms with van der Waals surface area (Å²) < 4.78 is 0. The highest BCUT2D eigenvalue weighted by Crippen LogP contribution is 2.54. The molecular weight excluding hydrogens is 395 g/mol. The minimum absolute atomic E-state index is 0.179. The van der Waals surface area contributed by atoms with E-state index in [1.54, 1.807) is 21.9 Å². The van der Waals surface area contributed by atoms with Gasteiger partial charge in [0.2, 0.25) is 0 Å². The highest BCUT2D eigenvalue weighted by atomic mass is 14.3. The van der Waals surface area contributed by atoms with Crippen molar-refractivity contribution >= 4 is 6.15 Å². The number of hydrogen-bond acceptors (Lipinski definition) is 0. The summed E-state index contributed by atoms with van der Waals surface area (Å²) in [5.41, 5.74) is 7.25. The summed E-state index contributed by atoms with van der Waals surface area (Å²) in [6.07, 6.45) is 32.2. The molecule has 0 saturated heterocycles. The van der Waals surface area contributed by atoms with E-state index < -0.39 is 6.15 Å². The largest absolute Gasteiger partial charge is 0.217 e. The quantitative estimate of drug-likeness (QED) is 0.383. The van der Waals surface area contributed by atoms with Crippen LogP contribution in [0.3, 0.4) is 0 Å². The van der Waals surface area contributed by atoms with E-state index in [-0.39, 0.29) is 21.7 Å². The third kappa shape index (κ3) is 4.79. The van der Waals surface area contributed by atoms with Gasteiger partial charge in [0.25, 0.3) is 0 Å². The molecule has 4 rings (SSSR count). The zero-order valence-corrected chi connectivity index (χ0v) is 22.3. The zero-order chi connectivity index (χ0) is 24.1. The maximum Gasteiger partial charge on any atom is 0.0911 e. The van der Waals surface area contributed by atoms with Gasteiger partial charge in [-0.3, -0.25) is 0 Å². The third-order valence-corrected chi connectivity index (χ3v) is 8.29. The second-order valence-electron chi connectivity index (χ2n) is 13.9. The van der Waals surface area contributed by atoms with E-state index in [1.807, 2.05) is 0 Å². The van der Waals surface area contributed by atoms with Gasteiger partial charge >= 0.3 is 0 Å². The van der Waals surface area contributed by atoms with E-state index in [0.29, 0.717) is 0 Å². The Labute approximate surface area is 203 Å². The van der Waals surface area contributed by atoms with E-state index >= 15 is 0 Å². The van der Waals surface area contributed by atoms with Crippen molar-refractivity contribution < 1.29 is 0 Å². The molecule has 0 heterocycles. The highest BCUT2D eigenvalue weighted by Gasteiger charge is 2.43. The van der Waals surface area contributed by atoms with Gasteiger partial charge in [0.1, 0.15) is 0 Å². The summed E-state index contributed by atoms with van der Waals surface area (Å²) in [7, 11) is 0. The van der Waals surface area contributed by atoms with Gasteiger partial charge < -0.3 is 0 Å². The van der Waals surface area contributed by atoms with Gasteiger partial charge in [0, 0.05) is 0 Å². The van der Waals surface area contributed by atoms with Crippen LogP contribution in [0.5, 0.6) is 0 Å². The fourth-order valence-corrected chi connectivity index (χ4v) is 6.92. The fraction of sp³-hybridized carbons (Fsp3) is 0.500. The minimum atomic E-state index is -1.13. The van der Waals surface area contributed by atoms with Crippen molar-refractivity contribution in [1.82, 2.24) is 0 Å². The third-order valence-electron chi connectivity index (χ3n) is 8.29. The lowest BCUT2D eigenvalue weighted by atomic mass is 9.08. The number of hydrogen-bond donors (Lipinski definition) is 0. The first kappa shape index (κ1) is 24.1. The van der Waals surface area contributed by atoms with Gasteiger partial charge in [-0.15, -0.1) is 24.3 Å². The Morgan fingerprint density at radius 1 is 0.424 bits per heavy atom. The van der Waals surface area contributed by atoms with Crippen molar-refractivity contribution in [3.05, 3.63) is 94.8 Å². The molecule has 0 nitrogen and oxygen atoms in total. The number of rotatable bonds is 4. The summed E-state index contributed by atoms with van der Waals surface area (Å²) in [5, 5.41) is 0. The van der Waals surface area contributed by atoms with Crippen LogP contribution in [0.2, 0.25) is 0 Å². The molecule has 0 fully saturated rings. The molecule has 0 amide bonds. The van der Waals surface area contributed by atoms with Crippen molar-refractivity contribution in [1.29, 1.82) is 0 Å². The summed E-state index contributed by atoms with van der Waals surface area (Å²) in [5.74, 6) is 0. The van der Waals surface area contributed by atoms with E-state index in [0.717, 1.165) is 25.7 Å². The molecule has 4 aliphatic rings. The van der Waals surface area contributed by atoms with Gasteiger partial charge in [0.15, 0.2) is 0 Å². The Morgan fingerprint density at radius 3 is 0.818 bits per heavy atom. The average molecular weight is 440 g/mol. The highest BCUT2D eigenvalue weighted by molar-refractivity contribution is 7.04. The van der Waals surface area contributed by atoms with E-state index in [4.69, 9.17) is 0 Å². The monoisotopic (exact) mass is 439 g/mol. The molecule has 0 aliphatic heterocycles. The first-order valence-electron chi connectivity index (χ1n) is 13.0. The molecule has 33 heavy (non-hydrogen) atoms. The first-order chi connectivity index (χ1) is 15.2. The lowest BCUT2D eigenvalue weighted by molar-refractivity contribution is 0.460. The molecule has 1 heteroatoms. The van der Waals surface area contributed by atoms with Gasteiger partial charge in [-0.05, 0) is 21.7 Å². The van der Waals surface area contributed by atoms with Crippen LogP contribution in [0, 0.1) is 21.7 Å². The summed E-state index contributed by atoms with van der Waals surface area (Å²) in [4.78, 5) is 0. The second kappa shape index (κ2) is 8.04. The van der Waals surface area contributed by atoms with E-state index in [2.05, 4.69) is 128 Å². The minimum Gasteiger partial charge on any atom is -0.217 e. The maximum absolute atomic E-state index is 2.48. The molecule has 0 atom stereocenters. The standard InChI is InChI=1S/C32H44B/c1-29(2)17-9-13-25(21-29)33(26-14-10-18-30(3,4)22-26,27-15-11-19-31(5,6)23-27)28-16-12-20-32(7,8)24-28/h9-20H,21-24H2,1-8H3/q-1. The Kier molecular flexibility index (Phi) is 5.87. The molecule has 0 radical (unpaired) electrons. The van der Waals surface area contributed by atoms with Gasteiger partial charge in [-0.2, -0.15) is 0 Å². The molecule has 0 aromatic rings. The molecule has 176 valence electrons. The van der Waals surface area contributed by atoms with Crippen molar-refractivity contribution in [2.45, 2.75) is 81.1 Å². The first-order valence-corrected chi connectivity index (χ1v) is 13.0. The van der Waals surface area contributed by atoms with Crippen molar-refractivity contribution in [2.75, 3.05) is 0 Å². The SMILES string of the molecule is CC1(C)C=CC=C([B-](C2=CC=CC(C)(C)C2)(C2=CC=CC(C)(C)C2)C2=CC=CC(C)(C)C2)C1. The van der Waals surface area contributed by atoms with Crippen LogP contribution in [-0.4, -0.2) is 6.15 Å². The van der Waals surface area contributed by atoms with Crippen LogP contribution in [-0.2, 0) is 0 Å². The Hall–Kier alpha value is -2.02. The van der Waals surface area contributed by atoms with E-state index in [9.17, 15) is 0 Å². The van der Waals surface area contributed by atoms with Crippen molar-refractivity contribution in [3.8, 4) is 0 Å². The molecule has 0 saturated carbocycles. The van der Waals surface area contributed by atoms with Crippen LogP contribution < -0.4 is 0 Å². The van der Waals surface area contributed by atoms with Gasteiger partial charge in [0.05, 0.1) is 6.15 Å². The zero-order valence-electron chi connectivity index (χ0n) is 22.3. The lowest BCUT2D eigenvalue weighted by Gasteiger charge is -2.57. The van der Waals surface area contributed by atoms with Crippen molar-refractivity contribution in [3.63, 3.8) is 0 Å². The molecule has 4 aliphatic carbocycles. The molecule has 0 unspecified atom stereocenters. The Balaban J connectivity index is 2.03. The van der Waals surface area contributed by atoms with Gasteiger partial charge in [-0.25, -0.2) is 21.9 Å². The molecule has 0 N–H and O–H groups in total. The van der Waals surface area contributed by atoms with Crippen LogP contribution in [0.4, 0.5) is 0 Å². The fourth-order valence-electron chi connectivity index (χ4n) is 6.92. The van der Waals surface area contributed by atoms with Crippen LogP contribution in [0.1, 0.15) is 81.1 Å². The van der Waals surface area contributed by atoms with Crippen LogP contribution in [0.15, 0.2) is 94.8 Å². The molecule has 0 spiro atoms. The smallest absolute Gasteiger partial charge is 0.0911 e. The predicted octanol–water partition coefficient (Wildman–Crippen LogP) is 9.24. The maximum atomic E-state index is 2.48. The summed E-state index contributed by atoms with van der Waals surface area (Å²) in [6.45, 7) is 19.2. The van der Waals surface area contributed by atoms with Crippen LogP contribution >= 0.6 is 0 Å². The predicted molar refractivity (Wildman–Crippen MR) is 148 cm³/mol. The molecule has 0 aromatic carbocycles. The normalized spacial score (nSPS) is 26.9. The summed E-state index contributed by atoms with van der Waals surface area (Å²) >= 11 is 0. The average Bonchev–Trinajstić information content (AvgIpc) is 2.66. The molecule has 0 aromatic heterocycles. The van der Waals surface area contributed by atoms with Gasteiger partial charge in [-0.1, -0.05) is 130 Å². The second-order valence-corrected chi connectivity index (χ2v) is 13.9. The lowest BCUT2D eigenvalue weighted by Crippen LogP contribution is -2.50. The molecule has 0 bridgehead atoms. The Morgan fingerprint density at radius 2 is 0.636 bits per heavy atom. The topological polar surface area (TPSA) is 0 Å². The van der Waals surface area contributed by atoms with Crippen LogP contribution in [0.25, 0.3) is 0 Å². The van der Waals surface area contributed by atoms with E-state index in [1.165, 1.54) is 0 Å². The number of allylic oxidation sites excluding steroid dienone is 16. The Bertz CT molecular complexity index is 880. The molecular formula is C32H44B-. The van der Waals surface area contributed by atoms with Crippen molar-refractivity contribution in [2.24, 2.45) is 21.7 Å². The summed E-state index contributed by atoms with van der Waals surface area (Å²) in [6, 6.07) is 0.